The highest BCUT2D eigenvalue weighted by atomic mass is 35.5. The van der Waals surface area contributed by atoms with E-state index in [0.717, 1.165) is 18.4 Å². The van der Waals surface area contributed by atoms with E-state index in [4.69, 9.17) is 16.7 Å². The average molecular weight is 282 g/mol. The van der Waals surface area contributed by atoms with Crippen LogP contribution in [0.15, 0.2) is 18.2 Å². The molecule has 0 saturated heterocycles. The summed E-state index contributed by atoms with van der Waals surface area (Å²) in [4.78, 5) is 25.1. The van der Waals surface area contributed by atoms with Crippen LogP contribution >= 0.6 is 11.6 Å². The molecule has 102 valence electrons. The van der Waals surface area contributed by atoms with Crippen molar-refractivity contribution in [3.8, 4) is 0 Å². The van der Waals surface area contributed by atoms with Gasteiger partial charge in [-0.2, -0.15) is 0 Å². The number of rotatable bonds is 4. The van der Waals surface area contributed by atoms with Gasteiger partial charge >= 0.3 is 5.97 Å². The minimum absolute atomic E-state index is 0.0497. The maximum Gasteiger partial charge on any atom is 0.326 e. The molecule has 0 radical (unpaired) electrons. The maximum absolute atomic E-state index is 12.5. The molecule has 0 heterocycles. The standard InChI is InChI=1S/C14H16ClNO3/c1-8-7-10(15)3-6-12(8)13(17)16(11-4-5-11)9(2)14(18)19/h3,6-7,9,11H,4-5H2,1-2H3,(H,18,19). The van der Waals surface area contributed by atoms with Gasteiger partial charge in [0, 0.05) is 16.6 Å². The van der Waals surface area contributed by atoms with Gasteiger partial charge in [0.05, 0.1) is 0 Å². The monoisotopic (exact) mass is 281 g/mol. The molecule has 1 aromatic carbocycles. The fraction of sp³-hybridized carbons (Fsp3) is 0.429. The van der Waals surface area contributed by atoms with E-state index in [-0.39, 0.29) is 11.9 Å². The molecule has 1 atom stereocenters. The predicted octanol–water partition coefficient (Wildman–Crippen LogP) is 2.73. The molecule has 19 heavy (non-hydrogen) atoms. The van der Waals surface area contributed by atoms with Crippen molar-refractivity contribution in [3.05, 3.63) is 34.3 Å². The Hall–Kier alpha value is -1.55. The van der Waals surface area contributed by atoms with Crippen LogP contribution in [0.2, 0.25) is 5.02 Å². The molecule has 1 saturated carbocycles. The molecule has 1 N–H and O–H groups in total. The molecule has 0 spiro atoms. The molecule has 1 fully saturated rings. The lowest BCUT2D eigenvalue weighted by Crippen LogP contribution is -2.44. The normalized spacial score (nSPS) is 15.9. The number of nitrogens with zero attached hydrogens (tertiary/aromatic N) is 1. The van der Waals surface area contributed by atoms with E-state index in [1.54, 1.807) is 32.0 Å². The summed E-state index contributed by atoms with van der Waals surface area (Å²) in [5, 5.41) is 9.69. The van der Waals surface area contributed by atoms with Crippen molar-refractivity contribution < 1.29 is 14.7 Å². The fourth-order valence-electron chi connectivity index (χ4n) is 2.14. The van der Waals surface area contributed by atoms with Gasteiger partial charge in [-0.15, -0.1) is 0 Å². The van der Waals surface area contributed by atoms with Gasteiger partial charge in [-0.3, -0.25) is 4.79 Å². The second kappa shape index (κ2) is 5.21. The molecule has 1 aliphatic rings. The van der Waals surface area contributed by atoms with Crippen molar-refractivity contribution >= 4 is 23.5 Å². The zero-order valence-electron chi connectivity index (χ0n) is 10.9. The van der Waals surface area contributed by atoms with Crippen molar-refractivity contribution in [2.24, 2.45) is 0 Å². The molecule has 1 aromatic rings. The Morgan fingerprint density at radius 3 is 2.53 bits per heavy atom. The van der Waals surface area contributed by atoms with Crippen LogP contribution in [0.1, 0.15) is 35.7 Å². The number of carbonyl (C=O) groups excluding carboxylic acids is 1. The van der Waals surface area contributed by atoms with Crippen LogP contribution in [-0.4, -0.2) is 34.0 Å². The van der Waals surface area contributed by atoms with Crippen LogP contribution in [0.4, 0.5) is 0 Å². The van der Waals surface area contributed by atoms with Gasteiger partial charge in [0.2, 0.25) is 0 Å². The number of carboxylic acid groups (broad SMARTS) is 1. The highest BCUT2D eigenvalue weighted by Crippen LogP contribution is 2.31. The van der Waals surface area contributed by atoms with Gasteiger partial charge in [0.15, 0.2) is 0 Å². The summed E-state index contributed by atoms with van der Waals surface area (Å²) in [7, 11) is 0. The number of benzene rings is 1. The summed E-state index contributed by atoms with van der Waals surface area (Å²) in [6.45, 7) is 3.35. The molecule has 0 aliphatic heterocycles. The minimum Gasteiger partial charge on any atom is -0.480 e. The second-order valence-corrected chi connectivity index (χ2v) is 5.35. The zero-order chi connectivity index (χ0) is 14.2. The number of carboxylic acids is 1. The highest BCUT2D eigenvalue weighted by Gasteiger charge is 2.39. The third kappa shape index (κ3) is 2.89. The van der Waals surface area contributed by atoms with Gasteiger partial charge < -0.3 is 10.0 Å². The van der Waals surface area contributed by atoms with Crippen LogP contribution in [0, 0.1) is 6.92 Å². The second-order valence-electron chi connectivity index (χ2n) is 4.92. The number of amides is 1. The third-order valence-corrected chi connectivity index (χ3v) is 3.60. The lowest BCUT2D eigenvalue weighted by Gasteiger charge is -2.27. The molecule has 0 aromatic heterocycles. The smallest absolute Gasteiger partial charge is 0.326 e. The predicted molar refractivity (Wildman–Crippen MR) is 72.5 cm³/mol. The number of aliphatic carboxylic acids is 1. The van der Waals surface area contributed by atoms with Crippen molar-refractivity contribution in [3.63, 3.8) is 0 Å². The lowest BCUT2D eigenvalue weighted by molar-refractivity contribution is -0.141. The first kappa shape index (κ1) is 13.9. The van der Waals surface area contributed by atoms with Gasteiger partial charge in [-0.25, -0.2) is 4.79 Å². The summed E-state index contributed by atoms with van der Waals surface area (Å²) >= 11 is 5.87. The topological polar surface area (TPSA) is 57.6 Å². The average Bonchev–Trinajstić information content (AvgIpc) is 3.13. The van der Waals surface area contributed by atoms with Gasteiger partial charge in [0.25, 0.3) is 5.91 Å². The summed E-state index contributed by atoms with van der Waals surface area (Å²) in [6.07, 6.45) is 1.74. The molecule has 1 amide bonds. The Bertz CT molecular complexity index is 525. The first-order chi connectivity index (χ1) is 8.91. The summed E-state index contributed by atoms with van der Waals surface area (Å²) in [5.74, 6) is -1.21. The molecule has 1 unspecified atom stereocenters. The number of hydrogen-bond donors (Lipinski definition) is 1. The van der Waals surface area contributed by atoms with Gasteiger partial charge in [0.1, 0.15) is 6.04 Å². The molecular formula is C14H16ClNO3. The van der Waals surface area contributed by atoms with E-state index in [0.29, 0.717) is 10.6 Å². The van der Waals surface area contributed by atoms with Gasteiger partial charge in [-0.05, 0) is 50.5 Å². The summed E-state index contributed by atoms with van der Waals surface area (Å²) in [6, 6.07) is 4.26. The lowest BCUT2D eigenvalue weighted by atomic mass is 10.1. The van der Waals surface area contributed by atoms with Crippen LogP contribution in [0.25, 0.3) is 0 Å². The van der Waals surface area contributed by atoms with E-state index < -0.39 is 12.0 Å². The van der Waals surface area contributed by atoms with Crippen molar-refractivity contribution in [1.29, 1.82) is 0 Å². The van der Waals surface area contributed by atoms with E-state index in [1.165, 1.54) is 4.90 Å². The van der Waals surface area contributed by atoms with E-state index in [2.05, 4.69) is 0 Å². The Labute approximate surface area is 117 Å². The Morgan fingerprint density at radius 2 is 2.05 bits per heavy atom. The number of hydrogen-bond acceptors (Lipinski definition) is 2. The van der Waals surface area contributed by atoms with Gasteiger partial charge in [-0.1, -0.05) is 11.6 Å². The van der Waals surface area contributed by atoms with Crippen molar-refractivity contribution in [1.82, 2.24) is 4.90 Å². The van der Waals surface area contributed by atoms with Crippen LogP contribution < -0.4 is 0 Å². The largest absolute Gasteiger partial charge is 0.480 e. The van der Waals surface area contributed by atoms with Crippen LogP contribution in [0.3, 0.4) is 0 Å². The Kier molecular flexibility index (Phi) is 3.80. The molecule has 0 bridgehead atoms. The molecule has 2 rings (SSSR count). The quantitative estimate of drug-likeness (QED) is 0.923. The van der Waals surface area contributed by atoms with E-state index in [9.17, 15) is 9.59 Å². The van der Waals surface area contributed by atoms with Crippen molar-refractivity contribution in [2.45, 2.75) is 38.8 Å². The van der Waals surface area contributed by atoms with Crippen molar-refractivity contribution in [2.75, 3.05) is 0 Å². The molecule has 4 nitrogen and oxygen atoms in total. The summed E-state index contributed by atoms with van der Waals surface area (Å²) in [5.41, 5.74) is 1.28. The first-order valence-electron chi connectivity index (χ1n) is 6.23. The highest BCUT2D eigenvalue weighted by molar-refractivity contribution is 6.30. The first-order valence-corrected chi connectivity index (χ1v) is 6.61. The maximum atomic E-state index is 12.5. The minimum atomic E-state index is -0.980. The molecule has 5 heteroatoms. The number of carbonyl (C=O) groups is 2. The zero-order valence-corrected chi connectivity index (χ0v) is 11.6. The Balaban J connectivity index is 2.31. The summed E-state index contributed by atoms with van der Waals surface area (Å²) < 4.78 is 0. The number of aryl methyl sites for hydroxylation is 1. The van der Waals surface area contributed by atoms with Crippen LogP contribution in [-0.2, 0) is 4.79 Å². The molecular weight excluding hydrogens is 266 g/mol. The Morgan fingerprint density at radius 1 is 1.42 bits per heavy atom. The fourth-order valence-corrected chi connectivity index (χ4v) is 2.36. The number of halogens is 1. The SMILES string of the molecule is Cc1cc(Cl)ccc1C(=O)N(C1CC1)C(C)C(=O)O. The third-order valence-electron chi connectivity index (χ3n) is 3.37. The van der Waals surface area contributed by atoms with Crippen LogP contribution in [0.5, 0.6) is 0 Å². The molecule has 1 aliphatic carbocycles. The van der Waals surface area contributed by atoms with E-state index >= 15 is 0 Å². The van der Waals surface area contributed by atoms with E-state index in [1.807, 2.05) is 0 Å².